The number of hydrogen-bond acceptors (Lipinski definition) is 4. The molecule has 0 radical (unpaired) electrons. The van der Waals surface area contributed by atoms with E-state index in [1.807, 2.05) is 0 Å². The van der Waals surface area contributed by atoms with Gasteiger partial charge in [-0.2, -0.15) is 0 Å². The van der Waals surface area contributed by atoms with Gasteiger partial charge in [0.2, 0.25) is 5.91 Å². The van der Waals surface area contributed by atoms with Crippen LogP contribution in [0.25, 0.3) is 0 Å². The molecule has 90 valence electrons. The van der Waals surface area contributed by atoms with Crippen LogP contribution >= 0.6 is 0 Å². The van der Waals surface area contributed by atoms with Gasteiger partial charge in [0.1, 0.15) is 0 Å². The predicted molar refractivity (Wildman–Crippen MR) is 57.7 cm³/mol. The fraction of sp³-hybridized carbons (Fsp3) is 0.818. The van der Waals surface area contributed by atoms with Crippen LogP contribution in [0, 0.1) is 0 Å². The van der Waals surface area contributed by atoms with Gasteiger partial charge in [-0.15, -0.1) is 0 Å². The van der Waals surface area contributed by atoms with E-state index in [0.717, 1.165) is 12.8 Å². The first-order valence-corrected chi connectivity index (χ1v) is 5.84. The number of carbonyl (C=O) groups excluding carboxylic acids is 2. The predicted octanol–water partition coefficient (Wildman–Crippen LogP) is -0.0513. The van der Waals surface area contributed by atoms with E-state index in [4.69, 9.17) is 0 Å². The molecule has 1 amide bonds. The Labute approximate surface area is 94.9 Å². The Morgan fingerprint density at radius 1 is 1.38 bits per heavy atom. The third-order valence-electron chi connectivity index (χ3n) is 3.42. The van der Waals surface area contributed by atoms with Gasteiger partial charge in [0.05, 0.1) is 19.6 Å². The Morgan fingerprint density at radius 2 is 2.06 bits per heavy atom. The smallest absolute Gasteiger partial charge is 0.307 e. The van der Waals surface area contributed by atoms with Gasteiger partial charge in [0, 0.05) is 12.1 Å². The minimum absolute atomic E-state index is 0.0754. The summed E-state index contributed by atoms with van der Waals surface area (Å²) in [5.74, 6) is -0.421. The Bertz CT molecular complexity index is 293. The summed E-state index contributed by atoms with van der Waals surface area (Å²) in [6.45, 7) is 0. The van der Waals surface area contributed by atoms with E-state index in [1.165, 1.54) is 20.0 Å². The molecule has 1 saturated carbocycles. The highest BCUT2D eigenvalue weighted by Gasteiger charge is 2.37. The lowest BCUT2D eigenvalue weighted by Gasteiger charge is -2.40. The maximum atomic E-state index is 11.7. The van der Waals surface area contributed by atoms with Crippen LogP contribution in [0.3, 0.4) is 0 Å². The van der Waals surface area contributed by atoms with Gasteiger partial charge < -0.3 is 15.4 Å². The molecule has 1 aliphatic carbocycles. The fourth-order valence-electron chi connectivity index (χ4n) is 2.52. The second-order valence-electron chi connectivity index (χ2n) is 4.51. The standard InChI is InChI=1S/C11H18N2O3/c1-16-10(14)6-9-11(15)13-8-5-3-2-4-7(8)12-9/h7-9,12H,2-6H2,1H3,(H,13,15)/t7-,8+,9+/m1/s1. The van der Waals surface area contributed by atoms with Crippen molar-refractivity contribution in [3.05, 3.63) is 0 Å². The number of amides is 1. The molecule has 0 aromatic heterocycles. The van der Waals surface area contributed by atoms with E-state index in [9.17, 15) is 9.59 Å². The molecule has 0 bridgehead atoms. The van der Waals surface area contributed by atoms with Crippen molar-refractivity contribution < 1.29 is 14.3 Å². The van der Waals surface area contributed by atoms with E-state index in [1.54, 1.807) is 0 Å². The van der Waals surface area contributed by atoms with E-state index < -0.39 is 6.04 Å². The Morgan fingerprint density at radius 3 is 2.75 bits per heavy atom. The second kappa shape index (κ2) is 4.82. The molecule has 2 N–H and O–H groups in total. The monoisotopic (exact) mass is 226 g/mol. The van der Waals surface area contributed by atoms with Gasteiger partial charge in [-0.1, -0.05) is 12.8 Å². The molecule has 0 aromatic carbocycles. The first-order chi connectivity index (χ1) is 7.70. The fourth-order valence-corrected chi connectivity index (χ4v) is 2.52. The highest BCUT2D eigenvalue weighted by Crippen LogP contribution is 2.22. The number of carbonyl (C=O) groups is 2. The van der Waals surface area contributed by atoms with Crippen LogP contribution in [0.5, 0.6) is 0 Å². The number of esters is 1. The number of fused-ring (bicyclic) bond motifs is 1. The molecule has 5 nitrogen and oxygen atoms in total. The molecule has 3 atom stereocenters. The Kier molecular flexibility index (Phi) is 3.43. The SMILES string of the molecule is COC(=O)C[C@@H]1N[C@@H]2CCCC[C@@H]2NC1=O. The highest BCUT2D eigenvalue weighted by molar-refractivity contribution is 5.87. The van der Waals surface area contributed by atoms with Crippen LogP contribution in [-0.4, -0.2) is 37.1 Å². The number of piperazine rings is 1. The Balaban J connectivity index is 1.95. The molecule has 2 fully saturated rings. The summed E-state index contributed by atoms with van der Waals surface area (Å²) in [6, 6.07) is 0.142. The lowest BCUT2D eigenvalue weighted by atomic mass is 9.87. The van der Waals surface area contributed by atoms with Crippen molar-refractivity contribution in [2.45, 2.75) is 50.2 Å². The topological polar surface area (TPSA) is 67.4 Å². The van der Waals surface area contributed by atoms with Crippen molar-refractivity contribution in [1.29, 1.82) is 0 Å². The zero-order valence-electron chi connectivity index (χ0n) is 9.49. The van der Waals surface area contributed by atoms with Crippen LogP contribution in [0.2, 0.25) is 0 Å². The molecule has 0 spiro atoms. The van der Waals surface area contributed by atoms with Gasteiger partial charge in [-0.3, -0.25) is 9.59 Å². The molecular formula is C11H18N2O3. The number of nitrogens with one attached hydrogen (secondary N) is 2. The first kappa shape index (κ1) is 11.4. The summed E-state index contributed by atoms with van der Waals surface area (Å²) < 4.78 is 4.58. The summed E-state index contributed by atoms with van der Waals surface area (Å²) >= 11 is 0. The van der Waals surface area contributed by atoms with Crippen molar-refractivity contribution >= 4 is 11.9 Å². The van der Waals surface area contributed by atoms with Gasteiger partial charge in [0.25, 0.3) is 0 Å². The van der Waals surface area contributed by atoms with Crippen LogP contribution < -0.4 is 10.6 Å². The number of methoxy groups -OCH3 is 1. The first-order valence-electron chi connectivity index (χ1n) is 5.84. The van der Waals surface area contributed by atoms with E-state index in [2.05, 4.69) is 15.4 Å². The summed E-state index contributed by atoms with van der Waals surface area (Å²) in [5, 5.41) is 6.25. The lowest BCUT2D eigenvalue weighted by Crippen LogP contribution is -2.65. The van der Waals surface area contributed by atoms with Gasteiger partial charge >= 0.3 is 5.97 Å². The molecule has 0 unspecified atom stereocenters. The Hall–Kier alpha value is -1.10. The summed E-state index contributed by atoms with van der Waals surface area (Å²) in [7, 11) is 1.34. The highest BCUT2D eigenvalue weighted by atomic mass is 16.5. The van der Waals surface area contributed by atoms with Gasteiger partial charge in [0.15, 0.2) is 0 Å². The molecule has 1 aliphatic heterocycles. The molecular weight excluding hydrogens is 208 g/mol. The quantitative estimate of drug-likeness (QED) is 0.648. The van der Waals surface area contributed by atoms with E-state index >= 15 is 0 Å². The summed E-state index contributed by atoms with van der Waals surface area (Å²) in [6.07, 6.45) is 4.59. The zero-order valence-corrected chi connectivity index (χ0v) is 9.49. The minimum Gasteiger partial charge on any atom is -0.469 e. The van der Waals surface area contributed by atoms with Crippen LogP contribution in [0.15, 0.2) is 0 Å². The molecule has 2 rings (SSSR count). The van der Waals surface area contributed by atoms with Crippen molar-refractivity contribution in [3.8, 4) is 0 Å². The van der Waals surface area contributed by atoms with Gasteiger partial charge in [-0.25, -0.2) is 0 Å². The third-order valence-corrected chi connectivity index (χ3v) is 3.42. The maximum Gasteiger partial charge on any atom is 0.307 e. The van der Waals surface area contributed by atoms with Crippen molar-refractivity contribution in [2.75, 3.05) is 7.11 Å². The van der Waals surface area contributed by atoms with Gasteiger partial charge in [-0.05, 0) is 12.8 Å². The molecule has 5 heteroatoms. The molecule has 2 aliphatic rings. The third kappa shape index (κ3) is 2.35. The van der Waals surface area contributed by atoms with Crippen LogP contribution in [-0.2, 0) is 14.3 Å². The van der Waals surface area contributed by atoms with Crippen molar-refractivity contribution in [3.63, 3.8) is 0 Å². The largest absolute Gasteiger partial charge is 0.469 e. The molecule has 16 heavy (non-hydrogen) atoms. The van der Waals surface area contributed by atoms with E-state index in [0.29, 0.717) is 6.04 Å². The lowest BCUT2D eigenvalue weighted by molar-refractivity contribution is -0.144. The summed E-state index contributed by atoms with van der Waals surface area (Å²) in [4.78, 5) is 22.9. The van der Waals surface area contributed by atoms with Crippen molar-refractivity contribution in [1.82, 2.24) is 10.6 Å². The second-order valence-corrected chi connectivity index (χ2v) is 4.51. The van der Waals surface area contributed by atoms with Crippen LogP contribution in [0.4, 0.5) is 0 Å². The number of hydrogen-bond donors (Lipinski definition) is 2. The van der Waals surface area contributed by atoms with E-state index in [-0.39, 0.29) is 24.3 Å². The number of ether oxygens (including phenoxy) is 1. The average molecular weight is 226 g/mol. The summed E-state index contributed by atoms with van der Waals surface area (Å²) in [5.41, 5.74) is 0. The normalized spacial score (nSPS) is 33.8. The molecule has 1 saturated heterocycles. The number of rotatable bonds is 2. The van der Waals surface area contributed by atoms with Crippen molar-refractivity contribution in [2.24, 2.45) is 0 Å². The maximum absolute atomic E-state index is 11.7. The molecule has 1 heterocycles. The minimum atomic E-state index is -0.424. The van der Waals surface area contributed by atoms with Crippen LogP contribution in [0.1, 0.15) is 32.1 Å². The zero-order chi connectivity index (χ0) is 11.5. The molecule has 0 aromatic rings. The average Bonchev–Trinajstić information content (AvgIpc) is 2.30.